The topological polar surface area (TPSA) is 62.7 Å². The molecule has 1 heterocycles. The van der Waals surface area contributed by atoms with Gasteiger partial charge in [-0.25, -0.2) is 9.78 Å². The Kier molecular flexibility index (Phi) is 6.07. The molecule has 0 aliphatic heterocycles. The highest BCUT2D eigenvalue weighted by atomic mass is 32.1. The minimum absolute atomic E-state index is 0.357. The molecule has 0 spiro atoms. The van der Waals surface area contributed by atoms with Gasteiger partial charge in [0.25, 0.3) is 0 Å². The minimum Gasteiger partial charge on any atom is -0.477 e. The van der Waals surface area contributed by atoms with Crippen molar-refractivity contribution in [2.45, 2.75) is 26.7 Å². The van der Waals surface area contributed by atoms with Crippen molar-refractivity contribution in [1.29, 1.82) is 0 Å². The fourth-order valence-electron chi connectivity index (χ4n) is 1.52. The van der Waals surface area contributed by atoms with Crippen LogP contribution in [0.2, 0.25) is 0 Å². The van der Waals surface area contributed by atoms with Crippen molar-refractivity contribution in [2.24, 2.45) is 0 Å². The zero-order valence-electron chi connectivity index (χ0n) is 11.1. The number of carbonyl (C=O) groups is 1. The molecular formula is C12H20N2O3S. The Bertz CT molecular complexity index is 393. The molecule has 0 aliphatic carbocycles. The second kappa shape index (κ2) is 7.33. The third-order valence-electron chi connectivity index (χ3n) is 2.47. The van der Waals surface area contributed by atoms with E-state index in [0.29, 0.717) is 36.8 Å². The summed E-state index contributed by atoms with van der Waals surface area (Å²) in [6.07, 6.45) is 1.60. The molecule has 0 amide bonds. The third-order valence-corrected chi connectivity index (χ3v) is 3.67. The molecule has 0 radical (unpaired) electrons. The average molecular weight is 272 g/mol. The standard InChI is InChI=1S/C12H20N2O3S/c1-4-6-9-10(11(15)16)18-12(13-9)14(3)7-8-17-5-2/h4-8H2,1-3H3,(H,15,16). The molecule has 0 unspecified atom stereocenters. The van der Waals surface area contributed by atoms with E-state index in [1.54, 1.807) is 0 Å². The third kappa shape index (κ3) is 3.96. The van der Waals surface area contributed by atoms with Crippen LogP contribution in [-0.4, -0.2) is 42.9 Å². The molecule has 0 saturated carbocycles. The Hall–Kier alpha value is -1.14. The molecule has 1 rings (SSSR count). The molecule has 0 bridgehead atoms. The zero-order valence-corrected chi connectivity index (χ0v) is 11.9. The van der Waals surface area contributed by atoms with Crippen molar-refractivity contribution in [3.63, 3.8) is 0 Å². The average Bonchev–Trinajstić information content (AvgIpc) is 2.74. The number of carboxylic acid groups (broad SMARTS) is 1. The SMILES string of the molecule is CCCc1nc(N(C)CCOCC)sc1C(=O)O. The van der Waals surface area contributed by atoms with Crippen molar-refractivity contribution in [3.8, 4) is 0 Å². The lowest BCUT2D eigenvalue weighted by molar-refractivity contribution is 0.0700. The lowest BCUT2D eigenvalue weighted by Gasteiger charge is -2.14. The van der Waals surface area contributed by atoms with Crippen LogP contribution in [0.15, 0.2) is 0 Å². The predicted molar refractivity (Wildman–Crippen MR) is 72.8 cm³/mol. The number of anilines is 1. The summed E-state index contributed by atoms with van der Waals surface area (Å²) in [7, 11) is 1.90. The van der Waals surface area contributed by atoms with Crippen LogP contribution < -0.4 is 4.90 Å². The van der Waals surface area contributed by atoms with Crippen LogP contribution in [0.1, 0.15) is 35.6 Å². The number of aryl methyl sites for hydroxylation is 1. The van der Waals surface area contributed by atoms with Crippen LogP contribution >= 0.6 is 11.3 Å². The van der Waals surface area contributed by atoms with Crippen molar-refractivity contribution >= 4 is 22.4 Å². The number of carboxylic acids is 1. The van der Waals surface area contributed by atoms with Crippen LogP contribution in [-0.2, 0) is 11.2 Å². The van der Waals surface area contributed by atoms with Crippen LogP contribution in [0, 0.1) is 0 Å². The normalized spacial score (nSPS) is 10.6. The minimum atomic E-state index is -0.889. The number of rotatable bonds is 8. The molecule has 1 aromatic heterocycles. The fourth-order valence-corrected chi connectivity index (χ4v) is 2.46. The van der Waals surface area contributed by atoms with Crippen molar-refractivity contribution in [1.82, 2.24) is 4.98 Å². The maximum absolute atomic E-state index is 11.1. The van der Waals surface area contributed by atoms with Gasteiger partial charge in [-0.15, -0.1) is 0 Å². The van der Waals surface area contributed by atoms with Crippen molar-refractivity contribution < 1.29 is 14.6 Å². The van der Waals surface area contributed by atoms with Crippen molar-refractivity contribution in [3.05, 3.63) is 10.6 Å². The molecule has 0 aliphatic rings. The maximum atomic E-state index is 11.1. The Balaban J connectivity index is 2.76. The van der Waals surface area contributed by atoms with E-state index in [1.165, 1.54) is 11.3 Å². The number of hydrogen-bond acceptors (Lipinski definition) is 5. The number of aromatic nitrogens is 1. The highest BCUT2D eigenvalue weighted by Gasteiger charge is 2.18. The van der Waals surface area contributed by atoms with Crippen LogP contribution in [0.25, 0.3) is 0 Å². The molecule has 6 heteroatoms. The largest absolute Gasteiger partial charge is 0.477 e. The summed E-state index contributed by atoms with van der Waals surface area (Å²) in [6.45, 7) is 5.99. The summed E-state index contributed by atoms with van der Waals surface area (Å²) >= 11 is 1.23. The van der Waals surface area contributed by atoms with Gasteiger partial charge < -0.3 is 14.7 Å². The van der Waals surface area contributed by atoms with Gasteiger partial charge in [0.1, 0.15) is 4.88 Å². The number of nitrogens with zero attached hydrogens (tertiary/aromatic N) is 2. The van der Waals surface area contributed by atoms with E-state index < -0.39 is 5.97 Å². The van der Waals surface area contributed by atoms with Gasteiger partial charge in [0.15, 0.2) is 5.13 Å². The Morgan fingerprint density at radius 3 is 2.78 bits per heavy atom. The van der Waals surface area contributed by atoms with Gasteiger partial charge in [-0.1, -0.05) is 24.7 Å². The number of aromatic carboxylic acids is 1. The smallest absolute Gasteiger partial charge is 0.347 e. The molecule has 0 aromatic carbocycles. The lowest BCUT2D eigenvalue weighted by Crippen LogP contribution is -2.22. The first-order chi connectivity index (χ1) is 8.60. The number of hydrogen-bond donors (Lipinski definition) is 1. The first-order valence-corrected chi connectivity index (χ1v) is 6.93. The van der Waals surface area contributed by atoms with Crippen LogP contribution in [0.5, 0.6) is 0 Å². The van der Waals surface area contributed by atoms with E-state index in [1.807, 2.05) is 25.8 Å². The summed E-state index contributed by atoms with van der Waals surface area (Å²) in [4.78, 5) is 17.8. The Morgan fingerprint density at radius 1 is 1.50 bits per heavy atom. The summed E-state index contributed by atoms with van der Waals surface area (Å²) in [5.74, 6) is -0.889. The van der Waals surface area contributed by atoms with E-state index in [9.17, 15) is 4.79 Å². The van der Waals surface area contributed by atoms with Gasteiger partial charge in [-0.3, -0.25) is 0 Å². The van der Waals surface area contributed by atoms with Crippen molar-refractivity contribution in [2.75, 3.05) is 31.7 Å². The molecule has 102 valence electrons. The highest BCUT2D eigenvalue weighted by molar-refractivity contribution is 7.17. The van der Waals surface area contributed by atoms with Gasteiger partial charge in [0.2, 0.25) is 0 Å². The van der Waals surface area contributed by atoms with E-state index in [2.05, 4.69) is 4.98 Å². The molecule has 1 N–H and O–H groups in total. The monoisotopic (exact) mass is 272 g/mol. The van der Waals surface area contributed by atoms with Gasteiger partial charge in [0, 0.05) is 20.2 Å². The van der Waals surface area contributed by atoms with Crippen LogP contribution in [0.3, 0.4) is 0 Å². The van der Waals surface area contributed by atoms with E-state index in [4.69, 9.17) is 9.84 Å². The number of thiazole rings is 1. The van der Waals surface area contributed by atoms with Crippen LogP contribution in [0.4, 0.5) is 5.13 Å². The summed E-state index contributed by atoms with van der Waals surface area (Å²) in [5.41, 5.74) is 0.688. The molecule has 5 nitrogen and oxygen atoms in total. The second-order valence-corrected chi connectivity index (χ2v) is 4.92. The molecule has 0 atom stereocenters. The summed E-state index contributed by atoms with van der Waals surface area (Å²) in [5, 5.41) is 9.87. The van der Waals surface area contributed by atoms with Gasteiger partial charge in [-0.2, -0.15) is 0 Å². The zero-order chi connectivity index (χ0) is 13.5. The number of ether oxygens (including phenoxy) is 1. The quantitative estimate of drug-likeness (QED) is 0.735. The summed E-state index contributed by atoms with van der Waals surface area (Å²) in [6, 6.07) is 0. The molecule has 0 fully saturated rings. The van der Waals surface area contributed by atoms with Gasteiger partial charge in [0.05, 0.1) is 12.3 Å². The maximum Gasteiger partial charge on any atom is 0.347 e. The van der Waals surface area contributed by atoms with E-state index >= 15 is 0 Å². The Morgan fingerprint density at radius 2 is 2.22 bits per heavy atom. The fraction of sp³-hybridized carbons (Fsp3) is 0.667. The summed E-state index contributed by atoms with van der Waals surface area (Å²) < 4.78 is 5.28. The lowest BCUT2D eigenvalue weighted by atomic mass is 10.2. The first-order valence-electron chi connectivity index (χ1n) is 6.12. The first kappa shape index (κ1) is 14.9. The number of likely N-dealkylation sites (N-methyl/N-ethyl adjacent to an activating group) is 1. The van der Waals surface area contributed by atoms with Gasteiger partial charge >= 0.3 is 5.97 Å². The molecule has 1 aromatic rings. The van der Waals surface area contributed by atoms with E-state index in [-0.39, 0.29) is 0 Å². The second-order valence-electron chi connectivity index (χ2n) is 3.95. The molecular weight excluding hydrogens is 252 g/mol. The predicted octanol–water partition coefficient (Wildman–Crippen LogP) is 2.27. The molecule has 18 heavy (non-hydrogen) atoms. The Labute approximate surface area is 111 Å². The van der Waals surface area contributed by atoms with E-state index in [0.717, 1.165) is 11.6 Å². The van der Waals surface area contributed by atoms with Gasteiger partial charge in [-0.05, 0) is 13.3 Å². The highest BCUT2D eigenvalue weighted by Crippen LogP contribution is 2.26. The molecule has 0 saturated heterocycles.